The van der Waals surface area contributed by atoms with Crippen LogP contribution in [0.2, 0.25) is 5.02 Å². The van der Waals surface area contributed by atoms with Crippen molar-refractivity contribution < 1.29 is 14.3 Å². The molecule has 0 unspecified atom stereocenters. The van der Waals surface area contributed by atoms with E-state index in [2.05, 4.69) is 5.32 Å². The minimum atomic E-state index is -0.0891. The normalized spacial score (nSPS) is 15.8. The maximum absolute atomic E-state index is 12.6. The zero-order valence-electron chi connectivity index (χ0n) is 17.9. The molecule has 1 N–H and O–H groups in total. The molecule has 0 fully saturated rings. The first-order valence-corrected chi connectivity index (χ1v) is 11.4. The molecule has 1 atom stereocenters. The van der Waals surface area contributed by atoms with Gasteiger partial charge in [-0.1, -0.05) is 23.7 Å². The highest BCUT2D eigenvalue weighted by molar-refractivity contribution is 8.00. The van der Waals surface area contributed by atoms with E-state index in [-0.39, 0.29) is 11.2 Å². The second kappa shape index (κ2) is 8.85. The summed E-state index contributed by atoms with van der Waals surface area (Å²) < 4.78 is 13.0. The lowest BCUT2D eigenvalue weighted by Crippen LogP contribution is -2.15. The lowest BCUT2D eigenvalue weighted by molar-refractivity contribution is -0.113. The van der Waals surface area contributed by atoms with Crippen LogP contribution < -0.4 is 14.8 Å². The molecule has 6 nitrogen and oxygen atoms in total. The van der Waals surface area contributed by atoms with Gasteiger partial charge in [0.15, 0.2) is 11.5 Å². The fourth-order valence-corrected chi connectivity index (χ4v) is 5.02. The number of aromatic nitrogens is 2. The summed E-state index contributed by atoms with van der Waals surface area (Å²) in [4.78, 5) is 12.6. The lowest BCUT2D eigenvalue weighted by atomic mass is 10.0. The van der Waals surface area contributed by atoms with Crippen LogP contribution in [0.1, 0.15) is 34.6 Å². The molecular formula is C23H24ClN3O3S. The molecule has 2 aromatic carbocycles. The van der Waals surface area contributed by atoms with Gasteiger partial charge in [0, 0.05) is 10.6 Å². The van der Waals surface area contributed by atoms with E-state index in [1.807, 2.05) is 57.2 Å². The molecule has 0 radical (unpaired) electrons. The summed E-state index contributed by atoms with van der Waals surface area (Å²) in [5.41, 5.74) is 4.63. The van der Waals surface area contributed by atoms with Crippen LogP contribution >= 0.6 is 23.4 Å². The Labute approximate surface area is 190 Å². The largest absolute Gasteiger partial charge is 0.493 e. The number of aryl methyl sites for hydroxylation is 2. The number of carbonyl (C=O) groups is 1. The highest BCUT2D eigenvalue weighted by Crippen LogP contribution is 2.45. The number of rotatable bonds is 5. The van der Waals surface area contributed by atoms with Gasteiger partial charge in [0.1, 0.15) is 5.82 Å². The van der Waals surface area contributed by atoms with Gasteiger partial charge in [-0.3, -0.25) is 4.79 Å². The SMILES string of the molecule is CCOc1cc([C@@H]2SCC(=O)Nc3c2c(C)nn3-c2ccc(C)c(Cl)c2)ccc1OC. The third-order valence-electron chi connectivity index (χ3n) is 5.20. The molecule has 0 aliphatic carbocycles. The first-order valence-electron chi connectivity index (χ1n) is 10.0. The van der Waals surface area contributed by atoms with Crippen LogP contribution in [-0.4, -0.2) is 35.2 Å². The Morgan fingerprint density at radius 1 is 1.23 bits per heavy atom. The van der Waals surface area contributed by atoms with Crippen molar-refractivity contribution in [2.24, 2.45) is 0 Å². The number of methoxy groups -OCH3 is 1. The lowest BCUT2D eigenvalue weighted by Gasteiger charge is -2.18. The second-order valence-corrected chi connectivity index (χ2v) is 8.78. The highest BCUT2D eigenvalue weighted by atomic mass is 35.5. The van der Waals surface area contributed by atoms with Crippen LogP contribution in [0.25, 0.3) is 5.69 Å². The summed E-state index contributed by atoms with van der Waals surface area (Å²) in [6.07, 6.45) is 0. The van der Waals surface area contributed by atoms with Gasteiger partial charge >= 0.3 is 0 Å². The maximum atomic E-state index is 12.6. The molecule has 31 heavy (non-hydrogen) atoms. The number of hydrogen-bond acceptors (Lipinski definition) is 5. The summed E-state index contributed by atoms with van der Waals surface area (Å²) in [7, 11) is 1.62. The summed E-state index contributed by atoms with van der Waals surface area (Å²) in [6.45, 7) is 6.39. The Morgan fingerprint density at radius 3 is 2.74 bits per heavy atom. The van der Waals surface area contributed by atoms with E-state index in [9.17, 15) is 4.79 Å². The Balaban J connectivity index is 1.86. The fourth-order valence-electron chi connectivity index (χ4n) is 3.67. The molecule has 4 rings (SSSR count). The van der Waals surface area contributed by atoms with Gasteiger partial charge in [0.2, 0.25) is 5.91 Å². The number of thioether (sulfide) groups is 1. The van der Waals surface area contributed by atoms with Gasteiger partial charge in [-0.05, 0) is 56.2 Å². The average molecular weight is 458 g/mol. The number of benzene rings is 2. The van der Waals surface area contributed by atoms with E-state index < -0.39 is 0 Å². The molecule has 8 heteroatoms. The summed E-state index contributed by atoms with van der Waals surface area (Å²) in [5, 5.41) is 8.37. The first-order chi connectivity index (χ1) is 14.9. The monoisotopic (exact) mass is 457 g/mol. The molecule has 2 heterocycles. The Bertz CT molecular complexity index is 1150. The van der Waals surface area contributed by atoms with Crippen LogP contribution in [0.3, 0.4) is 0 Å². The quantitative estimate of drug-likeness (QED) is 0.561. The summed E-state index contributed by atoms with van der Waals surface area (Å²) >= 11 is 7.93. The predicted molar refractivity (Wildman–Crippen MR) is 125 cm³/mol. The van der Waals surface area contributed by atoms with Gasteiger partial charge in [-0.25, -0.2) is 4.68 Å². The van der Waals surface area contributed by atoms with Crippen LogP contribution in [0, 0.1) is 13.8 Å². The predicted octanol–water partition coefficient (Wildman–Crippen LogP) is 5.32. The molecule has 0 saturated heterocycles. The number of anilines is 1. The molecule has 0 saturated carbocycles. The van der Waals surface area contributed by atoms with E-state index in [1.54, 1.807) is 23.6 Å². The van der Waals surface area contributed by atoms with E-state index in [1.165, 1.54) is 0 Å². The zero-order chi connectivity index (χ0) is 22.1. The standard InChI is InChI=1S/C23H24ClN3O3S/c1-5-30-19-10-15(7-9-18(19)29-4)22-21-14(3)26-27(23(21)25-20(28)12-31-22)16-8-6-13(2)17(24)11-16/h6-11,22H,5,12H2,1-4H3,(H,25,28)/t22-/m0/s1. The molecule has 1 aromatic heterocycles. The van der Waals surface area contributed by atoms with Crippen molar-refractivity contribution in [3.05, 3.63) is 63.8 Å². The number of nitrogens with one attached hydrogen (secondary N) is 1. The molecular weight excluding hydrogens is 434 g/mol. The minimum Gasteiger partial charge on any atom is -0.493 e. The molecule has 1 amide bonds. The molecule has 1 aliphatic rings. The topological polar surface area (TPSA) is 65.4 Å². The second-order valence-electron chi connectivity index (χ2n) is 7.28. The molecule has 0 bridgehead atoms. The van der Waals surface area contributed by atoms with Crippen LogP contribution in [-0.2, 0) is 4.79 Å². The molecule has 162 valence electrons. The number of ether oxygens (including phenoxy) is 2. The van der Waals surface area contributed by atoms with Crippen molar-refractivity contribution in [3.8, 4) is 17.2 Å². The van der Waals surface area contributed by atoms with Crippen LogP contribution in [0.5, 0.6) is 11.5 Å². The first kappa shape index (κ1) is 21.6. The maximum Gasteiger partial charge on any atom is 0.235 e. The minimum absolute atomic E-state index is 0.0633. The number of halogens is 1. The molecule has 0 spiro atoms. The fraction of sp³-hybridized carbons (Fsp3) is 0.304. The van der Waals surface area contributed by atoms with E-state index in [4.69, 9.17) is 26.2 Å². The van der Waals surface area contributed by atoms with Gasteiger partial charge in [0.05, 0.1) is 36.1 Å². The number of hydrogen-bond donors (Lipinski definition) is 1. The number of amides is 1. The van der Waals surface area contributed by atoms with E-state index >= 15 is 0 Å². The van der Waals surface area contributed by atoms with Crippen molar-refractivity contribution in [1.29, 1.82) is 0 Å². The Kier molecular flexibility index (Phi) is 6.16. The van der Waals surface area contributed by atoms with Gasteiger partial charge in [0.25, 0.3) is 0 Å². The van der Waals surface area contributed by atoms with Gasteiger partial charge in [-0.2, -0.15) is 5.10 Å². The van der Waals surface area contributed by atoms with E-state index in [0.717, 1.165) is 28.1 Å². The van der Waals surface area contributed by atoms with Crippen LogP contribution in [0.4, 0.5) is 5.82 Å². The Hall–Kier alpha value is -2.64. The average Bonchev–Trinajstić information content (AvgIpc) is 2.95. The number of nitrogens with zero attached hydrogens (tertiary/aromatic N) is 2. The smallest absolute Gasteiger partial charge is 0.235 e. The van der Waals surface area contributed by atoms with Crippen molar-refractivity contribution >= 4 is 35.1 Å². The van der Waals surface area contributed by atoms with E-state index in [0.29, 0.717) is 34.7 Å². The van der Waals surface area contributed by atoms with Crippen molar-refractivity contribution in [2.75, 3.05) is 24.8 Å². The number of fused-ring (bicyclic) bond motifs is 1. The molecule has 3 aromatic rings. The van der Waals surface area contributed by atoms with Crippen molar-refractivity contribution in [3.63, 3.8) is 0 Å². The summed E-state index contributed by atoms with van der Waals surface area (Å²) in [5.74, 6) is 2.31. The third kappa shape index (κ3) is 4.12. The summed E-state index contributed by atoms with van der Waals surface area (Å²) in [6, 6.07) is 11.7. The van der Waals surface area contributed by atoms with Gasteiger partial charge in [-0.15, -0.1) is 11.8 Å². The van der Waals surface area contributed by atoms with Gasteiger partial charge < -0.3 is 14.8 Å². The third-order valence-corrected chi connectivity index (χ3v) is 6.88. The highest BCUT2D eigenvalue weighted by Gasteiger charge is 2.31. The van der Waals surface area contributed by atoms with Crippen LogP contribution in [0.15, 0.2) is 36.4 Å². The number of carbonyl (C=O) groups excluding carboxylic acids is 1. The molecule has 1 aliphatic heterocycles. The Morgan fingerprint density at radius 2 is 2.03 bits per heavy atom. The van der Waals surface area contributed by atoms with Crippen molar-refractivity contribution in [2.45, 2.75) is 26.0 Å². The zero-order valence-corrected chi connectivity index (χ0v) is 19.4. The van der Waals surface area contributed by atoms with Crippen molar-refractivity contribution in [1.82, 2.24) is 9.78 Å².